The molecule has 0 unspecified atom stereocenters. The highest BCUT2D eigenvalue weighted by atomic mass is 32.2. The molecule has 0 fully saturated rings. The van der Waals surface area contributed by atoms with Crippen LogP contribution in [0.25, 0.3) is 10.9 Å². The lowest BCUT2D eigenvalue weighted by Crippen LogP contribution is -2.30. The van der Waals surface area contributed by atoms with Crippen molar-refractivity contribution in [1.29, 1.82) is 0 Å². The minimum Gasteiger partial charge on any atom is -0.464 e. The highest BCUT2D eigenvalue weighted by Gasteiger charge is 2.05. The topological polar surface area (TPSA) is 86.2 Å². The number of nitrogens with zero attached hydrogens (tertiary/aromatic N) is 2. The number of amides is 2. The predicted octanol–water partition coefficient (Wildman–Crippen LogP) is 3.27. The van der Waals surface area contributed by atoms with E-state index in [1.165, 1.54) is 0 Å². The minimum atomic E-state index is -0.209. The summed E-state index contributed by atoms with van der Waals surface area (Å²) >= 11 is 1.73. The normalized spacial score (nSPS) is 11.2. The summed E-state index contributed by atoms with van der Waals surface area (Å²) in [6.07, 6.45) is 1.73. The van der Waals surface area contributed by atoms with Crippen molar-refractivity contribution in [2.24, 2.45) is 0 Å². The first kappa shape index (κ1) is 18.3. The Balaban J connectivity index is 1.34. The molecule has 2 heterocycles. The standard InChI is InChI=1S/C18H23N5O2S/c1-23(2)11-15-4-5-16(25-15)12-26-8-7-19-18(24)21-14-3-6-17-13(9-14)10-20-22-17/h3-6,9-10H,7-8,11-12H2,1-2H3,(H,20,22)(H2,19,21,24). The first-order valence-electron chi connectivity index (χ1n) is 8.38. The van der Waals surface area contributed by atoms with E-state index < -0.39 is 0 Å². The number of aromatic amines is 1. The summed E-state index contributed by atoms with van der Waals surface area (Å²) in [5.41, 5.74) is 1.69. The van der Waals surface area contributed by atoms with Gasteiger partial charge in [0.25, 0.3) is 0 Å². The summed E-state index contributed by atoms with van der Waals surface area (Å²) in [6.45, 7) is 1.40. The van der Waals surface area contributed by atoms with Crippen LogP contribution in [0.3, 0.4) is 0 Å². The molecule has 2 aromatic heterocycles. The van der Waals surface area contributed by atoms with Gasteiger partial charge in [-0.15, -0.1) is 0 Å². The van der Waals surface area contributed by atoms with E-state index in [1.807, 2.05) is 44.4 Å². The molecule has 26 heavy (non-hydrogen) atoms. The van der Waals surface area contributed by atoms with E-state index in [4.69, 9.17) is 4.42 Å². The van der Waals surface area contributed by atoms with Gasteiger partial charge in [0.1, 0.15) is 11.5 Å². The number of anilines is 1. The molecule has 3 N–H and O–H groups in total. The lowest BCUT2D eigenvalue weighted by molar-refractivity contribution is 0.252. The number of fused-ring (bicyclic) bond motifs is 1. The number of rotatable bonds is 8. The summed E-state index contributed by atoms with van der Waals surface area (Å²) < 4.78 is 5.76. The van der Waals surface area contributed by atoms with Crippen LogP contribution in [-0.4, -0.2) is 47.5 Å². The van der Waals surface area contributed by atoms with Crippen LogP contribution < -0.4 is 10.6 Å². The van der Waals surface area contributed by atoms with Crippen LogP contribution in [0, 0.1) is 0 Å². The third-order valence-corrected chi connectivity index (χ3v) is 4.65. The van der Waals surface area contributed by atoms with Gasteiger partial charge in [0.05, 0.1) is 24.0 Å². The fourth-order valence-electron chi connectivity index (χ4n) is 2.50. The molecule has 0 aliphatic heterocycles. The second-order valence-electron chi connectivity index (χ2n) is 6.21. The van der Waals surface area contributed by atoms with Gasteiger partial charge in [-0.05, 0) is 44.4 Å². The number of benzene rings is 1. The summed E-state index contributed by atoms with van der Waals surface area (Å²) in [6, 6.07) is 9.43. The summed E-state index contributed by atoms with van der Waals surface area (Å²) in [7, 11) is 4.03. The molecule has 0 atom stereocenters. The van der Waals surface area contributed by atoms with Crippen LogP contribution in [0.1, 0.15) is 11.5 Å². The van der Waals surface area contributed by atoms with Crippen molar-refractivity contribution in [3.05, 3.63) is 48.0 Å². The van der Waals surface area contributed by atoms with Crippen LogP contribution in [0.2, 0.25) is 0 Å². The number of hydrogen-bond acceptors (Lipinski definition) is 5. The molecule has 0 spiro atoms. The number of furan rings is 1. The van der Waals surface area contributed by atoms with Crippen LogP contribution in [0.4, 0.5) is 10.5 Å². The highest BCUT2D eigenvalue weighted by molar-refractivity contribution is 7.98. The molecule has 3 aromatic rings. The molecule has 0 radical (unpaired) electrons. The van der Waals surface area contributed by atoms with Gasteiger partial charge >= 0.3 is 6.03 Å². The number of nitrogens with one attached hydrogen (secondary N) is 3. The van der Waals surface area contributed by atoms with E-state index in [9.17, 15) is 4.79 Å². The van der Waals surface area contributed by atoms with Gasteiger partial charge in [-0.2, -0.15) is 16.9 Å². The molecular formula is C18H23N5O2S. The Bertz CT molecular complexity index is 858. The van der Waals surface area contributed by atoms with Crippen molar-refractivity contribution in [1.82, 2.24) is 20.4 Å². The number of carbonyl (C=O) groups is 1. The summed E-state index contributed by atoms with van der Waals surface area (Å²) in [5, 5.41) is 13.5. The van der Waals surface area contributed by atoms with E-state index in [0.717, 1.165) is 46.2 Å². The van der Waals surface area contributed by atoms with Crippen LogP contribution in [-0.2, 0) is 12.3 Å². The quantitative estimate of drug-likeness (QED) is 0.528. The van der Waals surface area contributed by atoms with Gasteiger partial charge in [0.2, 0.25) is 0 Å². The van der Waals surface area contributed by atoms with Gasteiger partial charge in [-0.25, -0.2) is 4.79 Å². The molecule has 0 saturated carbocycles. The number of carbonyl (C=O) groups excluding carboxylic acids is 1. The van der Waals surface area contributed by atoms with Crippen molar-refractivity contribution < 1.29 is 9.21 Å². The first-order valence-corrected chi connectivity index (χ1v) is 9.53. The van der Waals surface area contributed by atoms with E-state index in [0.29, 0.717) is 6.54 Å². The van der Waals surface area contributed by atoms with Gasteiger partial charge in [-0.3, -0.25) is 5.10 Å². The maximum Gasteiger partial charge on any atom is 0.319 e. The lowest BCUT2D eigenvalue weighted by Gasteiger charge is -2.07. The molecule has 0 aliphatic rings. The SMILES string of the molecule is CN(C)Cc1ccc(CSCCNC(=O)Nc2ccc3[nH]ncc3c2)o1. The Labute approximate surface area is 156 Å². The maximum atomic E-state index is 11.9. The third kappa shape index (κ3) is 5.27. The van der Waals surface area contributed by atoms with Gasteiger partial charge in [0.15, 0.2) is 0 Å². The van der Waals surface area contributed by atoms with E-state index in [-0.39, 0.29) is 6.03 Å². The Kier molecular flexibility index (Phi) is 6.19. The fraction of sp³-hybridized carbons (Fsp3) is 0.333. The number of aromatic nitrogens is 2. The highest BCUT2D eigenvalue weighted by Crippen LogP contribution is 2.17. The monoisotopic (exact) mass is 373 g/mol. The Hall–Kier alpha value is -2.45. The molecule has 8 heteroatoms. The Morgan fingerprint density at radius 3 is 2.96 bits per heavy atom. The summed E-state index contributed by atoms with van der Waals surface area (Å²) in [5.74, 6) is 3.55. The van der Waals surface area contributed by atoms with Crippen molar-refractivity contribution in [3.63, 3.8) is 0 Å². The van der Waals surface area contributed by atoms with Crippen molar-refractivity contribution >= 4 is 34.4 Å². The van der Waals surface area contributed by atoms with Crippen LogP contribution in [0.5, 0.6) is 0 Å². The van der Waals surface area contributed by atoms with Gasteiger partial charge < -0.3 is 20.0 Å². The third-order valence-electron chi connectivity index (χ3n) is 3.66. The minimum absolute atomic E-state index is 0.209. The van der Waals surface area contributed by atoms with Crippen molar-refractivity contribution in [2.45, 2.75) is 12.3 Å². The molecule has 3 rings (SSSR count). The second-order valence-corrected chi connectivity index (χ2v) is 7.32. The van der Waals surface area contributed by atoms with Gasteiger partial charge in [-0.1, -0.05) is 0 Å². The second kappa shape index (κ2) is 8.77. The largest absolute Gasteiger partial charge is 0.464 e. The van der Waals surface area contributed by atoms with E-state index >= 15 is 0 Å². The molecule has 0 saturated heterocycles. The van der Waals surface area contributed by atoms with Crippen molar-refractivity contribution in [2.75, 3.05) is 31.7 Å². The van der Waals surface area contributed by atoms with Crippen molar-refractivity contribution in [3.8, 4) is 0 Å². The van der Waals surface area contributed by atoms with E-state index in [1.54, 1.807) is 18.0 Å². The fourth-order valence-corrected chi connectivity index (χ4v) is 3.25. The Morgan fingerprint density at radius 1 is 1.27 bits per heavy atom. The molecule has 0 bridgehead atoms. The van der Waals surface area contributed by atoms with Crippen LogP contribution >= 0.6 is 11.8 Å². The average molecular weight is 373 g/mol. The lowest BCUT2D eigenvalue weighted by atomic mass is 10.2. The smallest absolute Gasteiger partial charge is 0.319 e. The molecule has 2 amide bonds. The average Bonchev–Trinajstić information content (AvgIpc) is 3.22. The number of hydrogen-bond donors (Lipinski definition) is 3. The zero-order valence-electron chi connectivity index (χ0n) is 14.9. The molecule has 7 nitrogen and oxygen atoms in total. The number of urea groups is 1. The Morgan fingerprint density at radius 2 is 2.12 bits per heavy atom. The maximum absolute atomic E-state index is 11.9. The molecule has 138 valence electrons. The molecular weight excluding hydrogens is 350 g/mol. The van der Waals surface area contributed by atoms with Gasteiger partial charge in [0, 0.05) is 23.4 Å². The predicted molar refractivity (Wildman–Crippen MR) is 105 cm³/mol. The number of thioether (sulfide) groups is 1. The zero-order valence-corrected chi connectivity index (χ0v) is 15.7. The molecule has 1 aromatic carbocycles. The number of H-pyrrole nitrogens is 1. The van der Waals surface area contributed by atoms with E-state index in [2.05, 4.69) is 25.7 Å². The zero-order chi connectivity index (χ0) is 18.4. The van der Waals surface area contributed by atoms with Crippen LogP contribution in [0.15, 0.2) is 40.9 Å². The summed E-state index contributed by atoms with van der Waals surface area (Å²) in [4.78, 5) is 14.0. The first-order chi connectivity index (χ1) is 12.6. The molecule has 0 aliphatic carbocycles.